The molecule has 88 valence electrons. The molecule has 0 aliphatic carbocycles. The first-order valence-corrected chi connectivity index (χ1v) is 0. The molecule has 0 heterocycles. The Kier molecular flexibility index (Phi) is 637. The SMILES string of the molecule is [Ag+].[Ag+].[Ag+].[Ag+].[I-].[I-].[I-].[I-].[I-].[I-].[K+].[K+]. The van der Waals surface area contributed by atoms with Crippen molar-refractivity contribution in [2.75, 3.05) is 0 Å². The van der Waals surface area contributed by atoms with Crippen LogP contribution in [0.3, 0.4) is 0 Å². The largest absolute Gasteiger partial charge is 1.00 e. The Balaban J connectivity index is 0. The predicted octanol–water partition coefficient (Wildman–Crippen LogP) is -24.0. The van der Waals surface area contributed by atoms with Crippen LogP contribution in [0, 0.1) is 0 Å². The topological polar surface area (TPSA) is 0 Å². The molecule has 0 spiro atoms. The van der Waals surface area contributed by atoms with Crippen LogP contribution < -0.4 is 247 Å². The Morgan fingerprint density at radius 2 is 0.250 bits per heavy atom. The Morgan fingerprint density at radius 1 is 0.250 bits per heavy atom. The minimum Gasteiger partial charge on any atom is -1.00 e. The van der Waals surface area contributed by atoms with Gasteiger partial charge in [-0.2, -0.15) is 0 Å². The molecule has 0 fully saturated rings. The summed E-state index contributed by atoms with van der Waals surface area (Å²) in [5.41, 5.74) is 0. The minimum atomic E-state index is 0. The van der Waals surface area contributed by atoms with E-state index in [9.17, 15) is 0 Å². The predicted molar refractivity (Wildman–Crippen MR) is 0 cm³/mol. The molecule has 0 bridgehead atoms. The van der Waals surface area contributed by atoms with Crippen LogP contribution >= 0.6 is 0 Å². The molecule has 0 aliphatic rings. The molecular weight excluding hydrogens is 1270 g/mol. The van der Waals surface area contributed by atoms with Crippen molar-refractivity contribution >= 4 is 0 Å². The second kappa shape index (κ2) is 81.5. The van der Waals surface area contributed by atoms with Crippen molar-refractivity contribution in [2.24, 2.45) is 0 Å². The molecule has 0 rings (SSSR count). The molecule has 0 amide bonds. The van der Waals surface area contributed by atoms with Gasteiger partial charge in [-0.05, 0) is 0 Å². The third kappa shape index (κ3) is 70.4. The quantitative estimate of drug-likeness (QED) is 0.168. The van der Waals surface area contributed by atoms with Crippen molar-refractivity contribution in [1.29, 1.82) is 0 Å². The average molecular weight is 1270 g/mol. The van der Waals surface area contributed by atoms with E-state index in [0.29, 0.717) is 0 Å². The van der Waals surface area contributed by atoms with Crippen molar-refractivity contribution < 1.29 is 336 Å². The van der Waals surface area contributed by atoms with Gasteiger partial charge in [0.25, 0.3) is 0 Å². The molecule has 0 radical (unpaired) electrons. The van der Waals surface area contributed by atoms with Crippen LogP contribution in [0.25, 0.3) is 0 Å². The minimum absolute atomic E-state index is 0. The number of hydrogen-bond acceptors (Lipinski definition) is 0. The smallest absolute Gasteiger partial charge is 1.00 e. The van der Waals surface area contributed by atoms with Crippen LogP contribution in [0.5, 0.6) is 0 Å². The van der Waals surface area contributed by atoms with Crippen LogP contribution in [0.15, 0.2) is 0 Å². The fourth-order valence-corrected chi connectivity index (χ4v) is 0. The fourth-order valence-electron chi connectivity index (χ4n) is 0. The summed E-state index contributed by atoms with van der Waals surface area (Å²) < 4.78 is 0. The molecule has 0 unspecified atom stereocenters. The van der Waals surface area contributed by atoms with Gasteiger partial charge in [-0.25, -0.2) is 0 Å². The van der Waals surface area contributed by atoms with E-state index >= 15 is 0 Å². The molecule has 0 saturated carbocycles. The fraction of sp³-hybridized carbons (Fsp3) is 0. The van der Waals surface area contributed by atoms with E-state index in [1.807, 2.05) is 0 Å². The molecule has 0 N–H and O–H groups in total. The third-order valence-corrected chi connectivity index (χ3v) is 0. The maximum Gasteiger partial charge on any atom is 1.00 e. The maximum atomic E-state index is 0. The summed E-state index contributed by atoms with van der Waals surface area (Å²) in [6.45, 7) is 0. The van der Waals surface area contributed by atoms with Crippen molar-refractivity contribution in [3.05, 3.63) is 0 Å². The van der Waals surface area contributed by atoms with Crippen LogP contribution in [0.4, 0.5) is 0 Å². The van der Waals surface area contributed by atoms with Gasteiger partial charge in [0, 0.05) is 0 Å². The second-order valence-electron chi connectivity index (χ2n) is 0. The molecule has 12 heavy (non-hydrogen) atoms. The Hall–Kier alpha value is 10.6. The van der Waals surface area contributed by atoms with E-state index in [1.54, 1.807) is 0 Å². The molecule has 0 aromatic carbocycles. The van der Waals surface area contributed by atoms with E-state index in [-0.39, 0.29) is 336 Å². The first-order chi connectivity index (χ1) is 0. The summed E-state index contributed by atoms with van der Waals surface area (Å²) in [4.78, 5) is 0. The first kappa shape index (κ1) is 93.8. The summed E-state index contributed by atoms with van der Waals surface area (Å²) in [6, 6.07) is 0. The maximum absolute atomic E-state index is 0. The summed E-state index contributed by atoms with van der Waals surface area (Å²) >= 11 is 0. The van der Waals surface area contributed by atoms with Gasteiger partial charge in [-0.3, -0.25) is 0 Å². The van der Waals surface area contributed by atoms with Crippen molar-refractivity contribution in [3.8, 4) is 0 Å². The normalized spacial score (nSPS) is 0. The molecule has 0 aliphatic heterocycles. The molecule has 0 saturated heterocycles. The zero-order chi connectivity index (χ0) is 0. The van der Waals surface area contributed by atoms with Gasteiger partial charge in [0.15, 0.2) is 0 Å². The van der Waals surface area contributed by atoms with Gasteiger partial charge in [-0.15, -0.1) is 0 Å². The zero-order valence-electron chi connectivity index (χ0n) is 5.47. The number of rotatable bonds is 0. The van der Waals surface area contributed by atoms with Gasteiger partial charge in [0.1, 0.15) is 0 Å². The van der Waals surface area contributed by atoms with Crippen molar-refractivity contribution in [3.63, 3.8) is 0 Å². The van der Waals surface area contributed by atoms with E-state index in [2.05, 4.69) is 0 Å². The standard InChI is InChI=1S/4Ag.6HI.2K/h;;;;6*1H;;/q4*+1;;;;;;;2*+1/p-6. The summed E-state index contributed by atoms with van der Waals surface area (Å²) in [5.74, 6) is 0. The summed E-state index contributed by atoms with van der Waals surface area (Å²) in [6.07, 6.45) is 0. The number of halogens is 6. The summed E-state index contributed by atoms with van der Waals surface area (Å²) in [5, 5.41) is 0. The average Bonchev–Trinajstić information content (AvgIpc) is 0. The zero-order valence-corrected chi connectivity index (χ0v) is 30.6. The van der Waals surface area contributed by atoms with Crippen molar-refractivity contribution in [1.82, 2.24) is 0 Å². The molecule has 0 aromatic heterocycles. The van der Waals surface area contributed by atoms with Crippen LogP contribution in [0.2, 0.25) is 0 Å². The van der Waals surface area contributed by atoms with Crippen LogP contribution in [0.1, 0.15) is 0 Å². The van der Waals surface area contributed by atoms with Gasteiger partial charge < -0.3 is 144 Å². The first-order valence-electron chi connectivity index (χ1n) is 0. The molecule has 0 nitrogen and oxygen atoms in total. The molecule has 0 atom stereocenters. The molecule has 12 heteroatoms. The number of hydrogen-bond donors (Lipinski definition) is 0. The van der Waals surface area contributed by atoms with E-state index < -0.39 is 0 Å². The van der Waals surface area contributed by atoms with E-state index in [1.165, 1.54) is 0 Å². The second-order valence-corrected chi connectivity index (χ2v) is 0. The van der Waals surface area contributed by atoms with Crippen LogP contribution in [-0.2, 0) is 89.5 Å². The Morgan fingerprint density at radius 3 is 0.250 bits per heavy atom. The van der Waals surface area contributed by atoms with Gasteiger partial charge in [-0.1, -0.05) is 0 Å². The molecule has 0 aromatic rings. The third-order valence-electron chi connectivity index (χ3n) is 0. The summed E-state index contributed by atoms with van der Waals surface area (Å²) in [7, 11) is 0. The van der Waals surface area contributed by atoms with Gasteiger partial charge in [0.05, 0.1) is 0 Å². The Bertz CT molecular complexity index is 17.5. The van der Waals surface area contributed by atoms with Gasteiger partial charge in [0.2, 0.25) is 0 Å². The van der Waals surface area contributed by atoms with E-state index in [4.69, 9.17) is 0 Å². The van der Waals surface area contributed by atoms with Crippen molar-refractivity contribution in [2.45, 2.75) is 0 Å². The van der Waals surface area contributed by atoms with E-state index in [0.717, 1.165) is 0 Å². The Labute approximate surface area is 325 Å². The van der Waals surface area contributed by atoms with Gasteiger partial charge >= 0.3 is 192 Å². The molecular formula is Ag4I6K2. The monoisotopic (exact) mass is 1270 g/mol. The van der Waals surface area contributed by atoms with Crippen LogP contribution in [-0.4, -0.2) is 0 Å².